The van der Waals surface area contributed by atoms with Gasteiger partial charge in [0.1, 0.15) is 10.7 Å². The summed E-state index contributed by atoms with van der Waals surface area (Å²) >= 11 is 0. The van der Waals surface area contributed by atoms with Crippen LogP contribution in [0.3, 0.4) is 0 Å². The quantitative estimate of drug-likeness (QED) is 0.435. The van der Waals surface area contributed by atoms with E-state index >= 15 is 0 Å². The standard InChI is InChI=1S/C19H17F4N3O4S/c1-3-8-24-31(29,30)17-9-12(4-6-14(17)20)18(28)26-16-10-13(19(21,22)23)5-7-15(16)25-11(2)27/h3-7,9-10,24H,1,8H2,2H3,(H,25,27)(H,26,28). The lowest BCUT2D eigenvalue weighted by atomic mass is 10.1. The number of anilines is 2. The zero-order valence-electron chi connectivity index (χ0n) is 16.0. The van der Waals surface area contributed by atoms with Gasteiger partial charge in [0, 0.05) is 19.0 Å². The largest absolute Gasteiger partial charge is 0.416 e. The van der Waals surface area contributed by atoms with Crippen molar-refractivity contribution in [1.29, 1.82) is 0 Å². The van der Waals surface area contributed by atoms with Crippen LogP contribution < -0.4 is 15.4 Å². The van der Waals surface area contributed by atoms with E-state index in [1.807, 2.05) is 4.72 Å². The van der Waals surface area contributed by atoms with Gasteiger partial charge in [-0.1, -0.05) is 6.08 Å². The first-order chi connectivity index (χ1) is 14.3. The molecule has 0 radical (unpaired) electrons. The number of sulfonamides is 1. The van der Waals surface area contributed by atoms with Crippen LogP contribution in [0.15, 0.2) is 53.9 Å². The molecule has 2 aromatic rings. The van der Waals surface area contributed by atoms with Crippen LogP contribution in [0.1, 0.15) is 22.8 Å². The van der Waals surface area contributed by atoms with Gasteiger partial charge in [-0.25, -0.2) is 17.5 Å². The number of hydrogen-bond acceptors (Lipinski definition) is 4. The van der Waals surface area contributed by atoms with Gasteiger partial charge in [0.25, 0.3) is 5.91 Å². The molecule has 7 nitrogen and oxygen atoms in total. The van der Waals surface area contributed by atoms with E-state index in [2.05, 4.69) is 17.2 Å². The van der Waals surface area contributed by atoms with Crippen molar-refractivity contribution in [2.75, 3.05) is 17.2 Å². The van der Waals surface area contributed by atoms with E-state index in [-0.39, 0.29) is 23.5 Å². The molecule has 0 aliphatic carbocycles. The fourth-order valence-corrected chi connectivity index (χ4v) is 3.51. The van der Waals surface area contributed by atoms with E-state index < -0.39 is 44.3 Å². The highest BCUT2D eigenvalue weighted by molar-refractivity contribution is 7.89. The lowest BCUT2D eigenvalue weighted by Crippen LogP contribution is -2.25. The van der Waals surface area contributed by atoms with Crippen LogP contribution in [0.5, 0.6) is 0 Å². The number of amides is 2. The lowest BCUT2D eigenvalue weighted by Gasteiger charge is -2.15. The molecule has 2 aromatic carbocycles. The SMILES string of the molecule is C=CCNS(=O)(=O)c1cc(C(=O)Nc2cc(C(F)(F)F)ccc2NC(C)=O)ccc1F. The Kier molecular flexibility index (Phi) is 7.18. The molecule has 0 bridgehead atoms. The first kappa shape index (κ1) is 24.0. The molecule has 0 fully saturated rings. The summed E-state index contributed by atoms with van der Waals surface area (Å²) in [4.78, 5) is 23.0. The van der Waals surface area contributed by atoms with Crippen molar-refractivity contribution in [2.45, 2.75) is 18.0 Å². The van der Waals surface area contributed by atoms with Crippen molar-refractivity contribution in [3.05, 3.63) is 66.0 Å². The minimum atomic E-state index is -4.72. The van der Waals surface area contributed by atoms with Crippen LogP contribution in [0.2, 0.25) is 0 Å². The van der Waals surface area contributed by atoms with Gasteiger partial charge in [-0.05, 0) is 36.4 Å². The molecule has 3 N–H and O–H groups in total. The number of benzene rings is 2. The molecule has 12 heteroatoms. The molecule has 31 heavy (non-hydrogen) atoms. The summed E-state index contributed by atoms with van der Waals surface area (Å²) in [5, 5.41) is 4.46. The Morgan fingerprint density at radius 3 is 2.32 bits per heavy atom. The summed E-state index contributed by atoms with van der Waals surface area (Å²) < 4.78 is 79.5. The molecule has 2 rings (SSSR count). The van der Waals surface area contributed by atoms with Crippen LogP contribution in [-0.2, 0) is 21.0 Å². The zero-order chi connectivity index (χ0) is 23.4. The van der Waals surface area contributed by atoms with Crippen molar-refractivity contribution in [1.82, 2.24) is 4.72 Å². The Labute approximate surface area is 175 Å². The van der Waals surface area contributed by atoms with Gasteiger partial charge in [-0.2, -0.15) is 13.2 Å². The highest BCUT2D eigenvalue weighted by Crippen LogP contribution is 2.34. The third kappa shape index (κ3) is 6.12. The summed E-state index contributed by atoms with van der Waals surface area (Å²) in [5.41, 5.74) is -1.93. The first-order valence-corrected chi connectivity index (χ1v) is 10.0. The van der Waals surface area contributed by atoms with E-state index in [0.29, 0.717) is 6.07 Å². The van der Waals surface area contributed by atoms with Gasteiger partial charge >= 0.3 is 6.18 Å². The van der Waals surface area contributed by atoms with E-state index in [0.717, 1.165) is 37.3 Å². The van der Waals surface area contributed by atoms with Gasteiger partial charge in [0.15, 0.2) is 0 Å². The number of alkyl halides is 3. The maximum absolute atomic E-state index is 14.0. The van der Waals surface area contributed by atoms with E-state index in [4.69, 9.17) is 0 Å². The summed E-state index contributed by atoms with van der Waals surface area (Å²) in [5.74, 6) is -2.75. The Bertz CT molecular complexity index is 1130. The molecular formula is C19H17F4N3O4S. The monoisotopic (exact) mass is 459 g/mol. The van der Waals surface area contributed by atoms with Gasteiger partial charge in [-0.15, -0.1) is 6.58 Å². The highest BCUT2D eigenvalue weighted by atomic mass is 32.2. The summed E-state index contributed by atoms with van der Waals surface area (Å²) in [6.07, 6.45) is -3.49. The van der Waals surface area contributed by atoms with Gasteiger partial charge in [0.05, 0.1) is 16.9 Å². The number of rotatable bonds is 7. The molecule has 0 aromatic heterocycles. The molecular weight excluding hydrogens is 442 g/mol. The topological polar surface area (TPSA) is 104 Å². The van der Waals surface area contributed by atoms with E-state index in [9.17, 15) is 35.6 Å². The maximum Gasteiger partial charge on any atom is 0.416 e. The smallest absolute Gasteiger partial charge is 0.325 e. The molecule has 0 saturated heterocycles. The van der Waals surface area contributed by atoms with Crippen molar-refractivity contribution in [3.8, 4) is 0 Å². The van der Waals surface area contributed by atoms with Crippen molar-refractivity contribution in [3.63, 3.8) is 0 Å². The average Bonchev–Trinajstić information content (AvgIpc) is 2.66. The molecule has 0 spiro atoms. The average molecular weight is 459 g/mol. The predicted octanol–water partition coefficient (Wildman–Crippen LogP) is 3.52. The molecule has 0 unspecified atom stereocenters. The Balaban J connectivity index is 2.44. The lowest BCUT2D eigenvalue weighted by molar-refractivity contribution is -0.137. The molecule has 0 atom stereocenters. The van der Waals surface area contributed by atoms with Crippen molar-refractivity contribution < 1.29 is 35.6 Å². The minimum Gasteiger partial charge on any atom is -0.325 e. The number of halogens is 4. The molecule has 0 aliphatic heterocycles. The second kappa shape index (κ2) is 9.27. The van der Waals surface area contributed by atoms with E-state index in [1.54, 1.807) is 0 Å². The van der Waals surface area contributed by atoms with Crippen molar-refractivity contribution in [2.24, 2.45) is 0 Å². The van der Waals surface area contributed by atoms with Crippen molar-refractivity contribution >= 4 is 33.2 Å². The third-order valence-electron chi connectivity index (χ3n) is 3.81. The van der Waals surface area contributed by atoms with Gasteiger partial charge < -0.3 is 10.6 Å². The number of carbonyl (C=O) groups is 2. The van der Waals surface area contributed by atoms with Gasteiger partial charge in [0.2, 0.25) is 15.9 Å². The Morgan fingerprint density at radius 2 is 1.74 bits per heavy atom. The number of carbonyl (C=O) groups excluding carboxylic acids is 2. The highest BCUT2D eigenvalue weighted by Gasteiger charge is 2.31. The van der Waals surface area contributed by atoms with Crippen LogP contribution in [-0.4, -0.2) is 26.8 Å². The Hall–Kier alpha value is -3.25. The first-order valence-electron chi connectivity index (χ1n) is 8.55. The maximum atomic E-state index is 14.0. The fourth-order valence-electron chi connectivity index (χ4n) is 2.41. The molecule has 166 valence electrons. The zero-order valence-corrected chi connectivity index (χ0v) is 16.8. The van der Waals surface area contributed by atoms with Crippen LogP contribution in [0, 0.1) is 5.82 Å². The second-order valence-corrected chi connectivity index (χ2v) is 7.91. The molecule has 0 heterocycles. The molecule has 0 saturated carbocycles. The summed E-state index contributed by atoms with van der Waals surface area (Å²) in [6, 6.07) is 4.72. The number of hydrogen-bond donors (Lipinski definition) is 3. The Morgan fingerprint density at radius 1 is 1.06 bits per heavy atom. The summed E-state index contributed by atoms with van der Waals surface area (Å²) in [7, 11) is -4.31. The van der Waals surface area contributed by atoms with Crippen LogP contribution in [0.4, 0.5) is 28.9 Å². The molecule has 0 aliphatic rings. The molecule has 2 amide bonds. The fraction of sp³-hybridized carbons (Fsp3) is 0.158. The predicted molar refractivity (Wildman–Crippen MR) is 105 cm³/mol. The van der Waals surface area contributed by atoms with Crippen LogP contribution in [0.25, 0.3) is 0 Å². The minimum absolute atomic E-state index is 0.114. The van der Waals surface area contributed by atoms with E-state index in [1.165, 1.54) is 6.08 Å². The van der Waals surface area contributed by atoms with Gasteiger partial charge in [-0.3, -0.25) is 9.59 Å². The summed E-state index contributed by atoms with van der Waals surface area (Å²) in [6.45, 7) is 4.26. The van der Waals surface area contributed by atoms with Crippen LogP contribution >= 0.6 is 0 Å². The third-order valence-corrected chi connectivity index (χ3v) is 5.24. The second-order valence-electron chi connectivity index (χ2n) is 6.18. The number of nitrogens with one attached hydrogen (secondary N) is 3. The normalized spacial score (nSPS) is 11.6.